The minimum absolute atomic E-state index is 0.0209. The van der Waals surface area contributed by atoms with Gasteiger partial charge in [-0.3, -0.25) is 4.79 Å². The molecule has 1 atom stereocenters. The highest BCUT2D eigenvalue weighted by molar-refractivity contribution is 6.18. The Balaban J connectivity index is 2.91. The fraction of sp³-hybridized carbons (Fsp3) is 0.100. The van der Waals surface area contributed by atoms with Crippen LogP contribution in [0.5, 0.6) is 0 Å². The van der Waals surface area contributed by atoms with Crippen molar-refractivity contribution in [3.63, 3.8) is 0 Å². The van der Waals surface area contributed by atoms with Gasteiger partial charge in [-0.15, -0.1) is 0 Å². The number of nitrogens with two attached hydrogens (primary N) is 7. The molecule has 2 rings (SSSR count). The zero-order valence-electron chi connectivity index (χ0n) is 9.53. The van der Waals surface area contributed by atoms with Crippen molar-refractivity contribution in [2.24, 2.45) is 17.2 Å². The van der Waals surface area contributed by atoms with Crippen LogP contribution in [-0.2, 0) is 0 Å². The summed E-state index contributed by atoms with van der Waals surface area (Å²) >= 11 is 0. The highest BCUT2D eigenvalue weighted by Gasteiger charge is 2.34. The van der Waals surface area contributed by atoms with Crippen LogP contribution >= 0.6 is 0 Å². The number of nitrogen functional groups attached to an aromatic ring is 4. The standard InChI is InChI=1S/C10H15N7O/c11-3-1-2(5(13)7(15)6(3)14)10(18)9(17)8(16)4(1)12/h4H,11-17H2. The van der Waals surface area contributed by atoms with Gasteiger partial charge in [0.05, 0.1) is 40.1 Å². The summed E-state index contributed by atoms with van der Waals surface area (Å²) in [5.74, 6) is -0.542. The van der Waals surface area contributed by atoms with Gasteiger partial charge < -0.3 is 40.1 Å². The van der Waals surface area contributed by atoms with E-state index in [1.54, 1.807) is 0 Å². The molecule has 0 radical (unpaired) electrons. The van der Waals surface area contributed by atoms with Crippen LogP contribution in [-0.4, -0.2) is 5.78 Å². The van der Waals surface area contributed by atoms with Gasteiger partial charge in [-0.1, -0.05) is 0 Å². The summed E-state index contributed by atoms with van der Waals surface area (Å²) in [6.07, 6.45) is 0. The topological polar surface area (TPSA) is 199 Å². The Morgan fingerprint density at radius 1 is 0.778 bits per heavy atom. The third-order valence-electron chi connectivity index (χ3n) is 3.13. The average Bonchev–Trinajstić information content (AvgIpc) is 2.35. The smallest absolute Gasteiger partial charge is 0.213 e. The Morgan fingerprint density at radius 2 is 1.28 bits per heavy atom. The van der Waals surface area contributed by atoms with Crippen molar-refractivity contribution < 1.29 is 4.79 Å². The molecule has 14 N–H and O–H groups in total. The Labute approximate surface area is 103 Å². The molecule has 0 amide bonds. The van der Waals surface area contributed by atoms with E-state index in [1.807, 2.05) is 0 Å². The number of anilines is 4. The molecule has 1 aliphatic rings. The van der Waals surface area contributed by atoms with Crippen molar-refractivity contribution in [2.75, 3.05) is 22.9 Å². The van der Waals surface area contributed by atoms with Crippen LogP contribution in [0.15, 0.2) is 11.4 Å². The lowest BCUT2D eigenvalue weighted by molar-refractivity contribution is 0.102. The molecule has 0 saturated heterocycles. The SMILES string of the molecule is NC1=C(N)C(N)c2c(N)c(N)c(N)c(N)c2C1=O. The number of allylic oxidation sites excluding steroid dienone is 1. The van der Waals surface area contributed by atoms with Crippen molar-refractivity contribution in [1.29, 1.82) is 0 Å². The Morgan fingerprint density at radius 3 is 1.83 bits per heavy atom. The molecule has 8 heteroatoms. The van der Waals surface area contributed by atoms with E-state index < -0.39 is 11.8 Å². The number of carbonyl (C=O) groups is 1. The second kappa shape index (κ2) is 3.44. The largest absolute Gasteiger partial charge is 0.399 e. The predicted molar refractivity (Wildman–Crippen MR) is 70.8 cm³/mol. The first-order chi connectivity index (χ1) is 8.29. The molecule has 1 unspecified atom stereocenters. The quantitative estimate of drug-likeness (QED) is 0.265. The van der Waals surface area contributed by atoms with Crippen molar-refractivity contribution in [1.82, 2.24) is 0 Å². The Kier molecular flexibility index (Phi) is 2.27. The maximum atomic E-state index is 12.1. The minimum atomic E-state index is -0.831. The summed E-state index contributed by atoms with van der Waals surface area (Å²) in [4.78, 5) is 12.1. The van der Waals surface area contributed by atoms with Crippen molar-refractivity contribution >= 4 is 28.5 Å². The van der Waals surface area contributed by atoms with Gasteiger partial charge in [-0.25, -0.2) is 0 Å². The second-order valence-corrected chi connectivity index (χ2v) is 4.12. The number of ketones is 1. The van der Waals surface area contributed by atoms with Crippen LogP contribution in [0.2, 0.25) is 0 Å². The van der Waals surface area contributed by atoms with E-state index in [-0.39, 0.29) is 45.3 Å². The van der Waals surface area contributed by atoms with Gasteiger partial charge in [0.15, 0.2) is 0 Å². The molecule has 0 bridgehead atoms. The van der Waals surface area contributed by atoms with Gasteiger partial charge in [-0.05, 0) is 0 Å². The number of Topliss-reactive ketones (excluding diaryl/α,β-unsaturated/α-hetero) is 1. The minimum Gasteiger partial charge on any atom is -0.399 e. The van der Waals surface area contributed by atoms with Crippen molar-refractivity contribution in [3.8, 4) is 0 Å². The van der Waals surface area contributed by atoms with Crippen molar-refractivity contribution in [2.45, 2.75) is 6.04 Å². The summed E-state index contributed by atoms with van der Waals surface area (Å²) < 4.78 is 0. The molecular formula is C10H15N7O. The Hall–Kier alpha value is -2.61. The molecule has 8 nitrogen and oxygen atoms in total. The molecule has 0 spiro atoms. The Bertz CT molecular complexity index is 605. The zero-order valence-corrected chi connectivity index (χ0v) is 9.53. The van der Waals surface area contributed by atoms with Gasteiger partial charge in [0.1, 0.15) is 5.70 Å². The van der Waals surface area contributed by atoms with Crippen LogP contribution < -0.4 is 40.1 Å². The van der Waals surface area contributed by atoms with Crippen LogP contribution in [0.4, 0.5) is 22.7 Å². The fourth-order valence-electron chi connectivity index (χ4n) is 2.01. The molecule has 0 aliphatic heterocycles. The van der Waals surface area contributed by atoms with Gasteiger partial charge in [-0.2, -0.15) is 0 Å². The molecule has 0 heterocycles. The summed E-state index contributed by atoms with van der Waals surface area (Å²) in [5.41, 5.74) is 40.6. The predicted octanol–water partition coefficient (Wildman–Crippen LogP) is -1.66. The van der Waals surface area contributed by atoms with E-state index in [2.05, 4.69) is 0 Å². The first-order valence-corrected chi connectivity index (χ1v) is 5.10. The van der Waals surface area contributed by atoms with Crippen LogP contribution in [0.25, 0.3) is 0 Å². The van der Waals surface area contributed by atoms with E-state index in [1.165, 1.54) is 0 Å². The van der Waals surface area contributed by atoms with Gasteiger partial charge >= 0.3 is 0 Å². The lowest BCUT2D eigenvalue weighted by Crippen LogP contribution is -2.34. The summed E-state index contributed by atoms with van der Waals surface area (Å²) in [7, 11) is 0. The lowest BCUT2D eigenvalue weighted by Gasteiger charge is -2.27. The molecule has 1 aromatic rings. The number of carbonyl (C=O) groups excluding carboxylic acids is 1. The molecule has 96 valence electrons. The van der Waals surface area contributed by atoms with E-state index in [9.17, 15) is 4.79 Å². The van der Waals surface area contributed by atoms with E-state index in [0.29, 0.717) is 0 Å². The van der Waals surface area contributed by atoms with E-state index in [4.69, 9.17) is 40.1 Å². The number of fused-ring (bicyclic) bond motifs is 1. The second-order valence-electron chi connectivity index (χ2n) is 4.12. The van der Waals surface area contributed by atoms with E-state index >= 15 is 0 Å². The summed E-state index contributed by atoms with van der Waals surface area (Å²) in [5, 5.41) is 0. The van der Waals surface area contributed by atoms with Gasteiger partial charge in [0, 0.05) is 5.56 Å². The molecule has 1 aliphatic carbocycles. The third kappa shape index (κ3) is 1.20. The molecule has 1 aromatic carbocycles. The number of rotatable bonds is 0. The first kappa shape index (κ1) is 11.9. The van der Waals surface area contributed by atoms with Crippen LogP contribution in [0, 0.1) is 0 Å². The lowest BCUT2D eigenvalue weighted by atomic mass is 9.85. The van der Waals surface area contributed by atoms with Gasteiger partial charge in [0.2, 0.25) is 5.78 Å². The zero-order chi connectivity index (χ0) is 13.8. The monoisotopic (exact) mass is 249 g/mol. The molecule has 18 heavy (non-hydrogen) atoms. The number of hydrogen-bond acceptors (Lipinski definition) is 8. The van der Waals surface area contributed by atoms with Crippen LogP contribution in [0.3, 0.4) is 0 Å². The van der Waals surface area contributed by atoms with E-state index in [0.717, 1.165) is 0 Å². The van der Waals surface area contributed by atoms with Crippen molar-refractivity contribution in [3.05, 3.63) is 22.5 Å². The number of benzene rings is 1. The summed E-state index contributed by atoms with van der Waals surface area (Å²) in [6.45, 7) is 0. The highest BCUT2D eigenvalue weighted by Crippen LogP contribution is 2.43. The summed E-state index contributed by atoms with van der Waals surface area (Å²) in [6, 6.07) is -0.831. The van der Waals surface area contributed by atoms with Gasteiger partial charge in [0.25, 0.3) is 0 Å². The molecule has 0 saturated carbocycles. The van der Waals surface area contributed by atoms with Crippen LogP contribution in [0.1, 0.15) is 22.0 Å². The molecular weight excluding hydrogens is 234 g/mol. The first-order valence-electron chi connectivity index (χ1n) is 5.10. The maximum absolute atomic E-state index is 12.1. The number of hydrogen-bond donors (Lipinski definition) is 7. The third-order valence-corrected chi connectivity index (χ3v) is 3.13. The fourth-order valence-corrected chi connectivity index (χ4v) is 2.01. The molecule has 0 fully saturated rings. The normalized spacial score (nSPS) is 18.9. The molecule has 0 aromatic heterocycles. The maximum Gasteiger partial charge on any atom is 0.213 e. The highest BCUT2D eigenvalue weighted by atomic mass is 16.1. The average molecular weight is 249 g/mol.